The summed E-state index contributed by atoms with van der Waals surface area (Å²) in [7, 11) is 0. The van der Waals surface area contributed by atoms with Crippen LogP contribution in [0.5, 0.6) is 0 Å². The summed E-state index contributed by atoms with van der Waals surface area (Å²) >= 11 is 6.32. The van der Waals surface area contributed by atoms with E-state index in [1.807, 2.05) is 12.3 Å². The van der Waals surface area contributed by atoms with Crippen molar-refractivity contribution in [2.24, 2.45) is 0 Å². The molecule has 4 heteroatoms. The van der Waals surface area contributed by atoms with Crippen LogP contribution in [-0.4, -0.2) is 24.1 Å². The third-order valence-electron chi connectivity index (χ3n) is 2.95. The maximum absolute atomic E-state index is 6.32. The van der Waals surface area contributed by atoms with Gasteiger partial charge in [0.2, 0.25) is 0 Å². The molecular formula is C14H20ClN3. The average Bonchev–Trinajstić information content (AvgIpc) is 2.37. The van der Waals surface area contributed by atoms with Gasteiger partial charge in [0.1, 0.15) is 5.82 Å². The number of hydrogen-bond donors (Lipinski definition) is 1. The molecule has 1 N–H and O–H groups in total. The Morgan fingerprint density at radius 3 is 2.89 bits per heavy atom. The van der Waals surface area contributed by atoms with Crippen molar-refractivity contribution in [3.63, 3.8) is 0 Å². The highest BCUT2D eigenvalue weighted by Crippen LogP contribution is 2.25. The quantitative estimate of drug-likeness (QED) is 0.849. The summed E-state index contributed by atoms with van der Waals surface area (Å²) in [4.78, 5) is 6.71. The predicted octanol–water partition coefficient (Wildman–Crippen LogP) is 3.00. The molecule has 98 valence electrons. The molecule has 1 aromatic rings. The molecule has 0 spiro atoms. The van der Waals surface area contributed by atoms with Crippen LogP contribution >= 0.6 is 11.6 Å². The molecule has 0 bridgehead atoms. The van der Waals surface area contributed by atoms with Crippen molar-refractivity contribution in [1.82, 2.24) is 10.3 Å². The zero-order chi connectivity index (χ0) is 13.0. The highest BCUT2D eigenvalue weighted by atomic mass is 35.5. The highest BCUT2D eigenvalue weighted by molar-refractivity contribution is 6.33. The van der Waals surface area contributed by atoms with E-state index in [4.69, 9.17) is 11.6 Å². The standard InChI is InChI=1S/C14H20ClN3/c1-11(2)16-9-12-8-13(15)14(17-10-12)18-6-4-3-5-7-18/h3-4,8,10-11,16H,5-7,9H2,1-2H3. The number of nitrogens with zero attached hydrogens (tertiary/aromatic N) is 2. The number of halogens is 1. The summed E-state index contributed by atoms with van der Waals surface area (Å²) in [6.07, 6.45) is 7.34. The molecule has 0 unspecified atom stereocenters. The van der Waals surface area contributed by atoms with Crippen LogP contribution < -0.4 is 10.2 Å². The average molecular weight is 266 g/mol. The fraction of sp³-hybridized carbons (Fsp3) is 0.500. The minimum absolute atomic E-state index is 0.468. The van der Waals surface area contributed by atoms with Gasteiger partial charge in [0.15, 0.2) is 0 Å². The Morgan fingerprint density at radius 1 is 1.44 bits per heavy atom. The number of anilines is 1. The van der Waals surface area contributed by atoms with Gasteiger partial charge in [-0.25, -0.2) is 4.98 Å². The van der Waals surface area contributed by atoms with Gasteiger partial charge in [-0.05, 0) is 18.1 Å². The van der Waals surface area contributed by atoms with Crippen LogP contribution in [0.1, 0.15) is 25.8 Å². The minimum atomic E-state index is 0.468. The van der Waals surface area contributed by atoms with Gasteiger partial charge in [-0.15, -0.1) is 0 Å². The Bertz CT molecular complexity index is 429. The van der Waals surface area contributed by atoms with Crippen LogP contribution in [0, 0.1) is 0 Å². The van der Waals surface area contributed by atoms with Crippen LogP contribution in [-0.2, 0) is 6.54 Å². The molecule has 0 atom stereocenters. The zero-order valence-electron chi connectivity index (χ0n) is 11.0. The Balaban J connectivity index is 2.07. The second kappa shape index (κ2) is 6.21. The molecule has 0 radical (unpaired) electrons. The molecule has 3 nitrogen and oxygen atoms in total. The first-order valence-electron chi connectivity index (χ1n) is 6.44. The minimum Gasteiger partial charge on any atom is -0.351 e. The summed E-state index contributed by atoms with van der Waals surface area (Å²) in [5.41, 5.74) is 1.13. The lowest BCUT2D eigenvalue weighted by atomic mass is 10.2. The van der Waals surface area contributed by atoms with Crippen molar-refractivity contribution in [2.75, 3.05) is 18.0 Å². The highest BCUT2D eigenvalue weighted by Gasteiger charge is 2.13. The summed E-state index contributed by atoms with van der Waals surface area (Å²) in [6, 6.07) is 2.48. The zero-order valence-corrected chi connectivity index (χ0v) is 11.7. The lowest BCUT2D eigenvalue weighted by molar-refractivity contribution is 0.588. The maximum atomic E-state index is 6.32. The van der Waals surface area contributed by atoms with E-state index in [9.17, 15) is 0 Å². The van der Waals surface area contributed by atoms with E-state index in [2.05, 4.69) is 41.2 Å². The van der Waals surface area contributed by atoms with Crippen molar-refractivity contribution in [1.29, 1.82) is 0 Å². The molecule has 1 aliphatic heterocycles. The lowest BCUT2D eigenvalue weighted by Crippen LogP contribution is -2.28. The summed E-state index contributed by atoms with van der Waals surface area (Å²) in [6.45, 7) is 6.96. The van der Waals surface area contributed by atoms with E-state index < -0.39 is 0 Å². The van der Waals surface area contributed by atoms with Crippen molar-refractivity contribution < 1.29 is 0 Å². The molecule has 1 aromatic heterocycles. The van der Waals surface area contributed by atoms with Gasteiger partial charge < -0.3 is 10.2 Å². The first kappa shape index (κ1) is 13.4. The van der Waals surface area contributed by atoms with Gasteiger partial charge in [-0.3, -0.25) is 0 Å². The summed E-state index contributed by atoms with van der Waals surface area (Å²) < 4.78 is 0. The topological polar surface area (TPSA) is 28.2 Å². The molecule has 0 aromatic carbocycles. The van der Waals surface area contributed by atoms with E-state index in [1.165, 1.54) is 0 Å². The largest absolute Gasteiger partial charge is 0.351 e. The number of nitrogens with one attached hydrogen (secondary N) is 1. The van der Waals surface area contributed by atoms with Crippen LogP contribution in [0.2, 0.25) is 5.02 Å². The van der Waals surface area contributed by atoms with Crippen LogP contribution in [0.25, 0.3) is 0 Å². The van der Waals surface area contributed by atoms with E-state index in [-0.39, 0.29) is 0 Å². The fourth-order valence-corrected chi connectivity index (χ4v) is 2.26. The first-order valence-corrected chi connectivity index (χ1v) is 6.82. The van der Waals surface area contributed by atoms with Gasteiger partial charge in [0.25, 0.3) is 0 Å². The van der Waals surface area contributed by atoms with Crippen molar-refractivity contribution in [3.8, 4) is 0 Å². The fourth-order valence-electron chi connectivity index (χ4n) is 1.96. The number of aromatic nitrogens is 1. The molecule has 2 heterocycles. The smallest absolute Gasteiger partial charge is 0.147 e. The monoisotopic (exact) mass is 265 g/mol. The molecule has 18 heavy (non-hydrogen) atoms. The Kier molecular flexibility index (Phi) is 4.61. The SMILES string of the molecule is CC(C)NCc1cnc(N2CC=CCC2)c(Cl)c1. The molecule has 0 aliphatic carbocycles. The van der Waals surface area contributed by atoms with E-state index in [0.29, 0.717) is 6.04 Å². The normalized spacial score (nSPS) is 15.4. The van der Waals surface area contributed by atoms with Gasteiger partial charge in [0, 0.05) is 31.9 Å². The molecule has 0 amide bonds. The van der Waals surface area contributed by atoms with Gasteiger partial charge in [0.05, 0.1) is 5.02 Å². The summed E-state index contributed by atoms with van der Waals surface area (Å²) in [5, 5.41) is 4.11. The Morgan fingerprint density at radius 2 is 2.28 bits per heavy atom. The van der Waals surface area contributed by atoms with Crippen molar-refractivity contribution >= 4 is 17.4 Å². The van der Waals surface area contributed by atoms with Gasteiger partial charge >= 0.3 is 0 Å². The third-order valence-corrected chi connectivity index (χ3v) is 3.23. The van der Waals surface area contributed by atoms with Crippen LogP contribution in [0.15, 0.2) is 24.4 Å². The van der Waals surface area contributed by atoms with Crippen molar-refractivity contribution in [3.05, 3.63) is 35.0 Å². The number of rotatable bonds is 4. The van der Waals surface area contributed by atoms with Crippen LogP contribution in [0.3, 0.4) is 0 Å². The molecular weight excluding hydrogens is 246 g/mol. The predicted molar refractivity (Wildman–Crippen MR) is 77.2 cm³/mol. The van der Waals surface area contributed by atoms with Gasteiger partial charge in [-0.1, -0.05) is 37.6 Å². The molecule has 1 aliphatic rings. The Labute approximate surface area is 114 Å². The third kappa shape index (κ3) is 3.47. The number of pyridine rings is 1. The van der Waals surface area contributed by atoms with Crippen molar-refractivity contribution in [2.45, 2.75) is 32.9 Å². The maximum Gasteiger partial charge on any atom is 0.147 e. The second-order valence-corrected chi connectivity index (χ2v) is 5.30. The lowest BCUT2D eigenvalue weighted by Gasteiger charge is -2.25. The van der Waals surface area contributed by atoms with Gasteiger partial charge in [-0.2, -0.15) is 0 Å². The molecule has 2 rings (SSSR count). The molecule has 0 saturated carbocycles. The molecule has 0 fully saturated rings. The van der Waals surface area contributed by atoms with E-state index in [1.54, 1.807) is 0 Å². The summed E-state index contributed by atoms with van der Waals surface area (Å²) in [5.74, 6) is 0.898. The van der Waals surface area contributed by atoms with Crippen LogP contribution in [0.4, 0.5) is 5.82 Å². The Hall–Kier alpha value is -1.06. The molecule has 0 saturated heterocycles. The second-order valence-electron chi connectivity index (χ2n) is 4.89. The first-order chi connectivity index (χ1) is 8.66. The van der Waals surface area contributed by atoms with E-state index in [0.717, 1.165) is 42.5 Å². The number of hydrogen-bond acceptors (Lipinski definition) is 3. The van der Waals surface area contributed by atoms with E-state index >= 15 is 0 Å².